The molecule has 124 valence electrons. The molecular formula is C16H19ClN2O4. The van der Waals surface area contributed by atoms with Crippen molar-refractivity contribution in [1.82, 2.24) is 5.32 Å². The Hall–Kier alpha value is -2.08. The molecule has 0 bridgehead atoms. The molecule has 23 heavy (non-hydrogen) atoms. The van der Waals surface area contributed by atoms with Gasteiger partial charge in [0, 0.05) is 23.7 Å². The Morgan fingerprint density at radius 2 is 2.17 bits per heavy atom. The number of nitrogens with one attached hydrogen (secondary N) is 1. The zero-order chi connectivity index (χ0) is 16.8. The fourth-order valence-electron chi connectivity index (χ4n) is 2.42. The molecule has 1 heterocycles. The fraction of sp³-hybridized carbons (Fsp3) is 0.438. The maximum atomic E-state index is 12.0. The molecule has 2 rings (SSSR count). The van der Waals surface area contributed by atoms with Gasteiger partial charge in [-0.1, -0.05) is 11.6 Å². The van der Waals surface area contributed by atoms with E-state index < -0.39 is 0 Å². The molecule has 0 spiro atoms. The molecule has 0 fully saturated rings. The number of esters is 1. The third kappa shape index (κ3) is 4.69. The van der Waals surface area contributed by atoms with Crippen molar-refractivity contribution >= 4 is 35.1 Å². The third-order valence-electron chi connectivity index (χ3n) is 3.46. The first-order chi connectivity index (χ1) is 11.0. The molecule has 0 aromatic heterocycles. The zero-order valence-corrected chi connectivity index (χ0v) is 13.7. The lowest BCUT2D eigenvalue weighted by Crippen LogP contribution is -2.39. The Morgan fingerprint density at radius 3 is 2.91 bits per heavy atom. The SMILES string of the molecule is CCOC(=O)CCCNC(=O)CN1C(=O)Cc2cc(Cl)ccc21. The van der Waals surface area contributed by atoms with Crippen LogP contribution in [0.3, 0.4) is 0 Å². The summed E-state index contributed by atoms with van der Waals surface area (Å²) in [5, 5.41) is 3.27. The number of hydrogen-bond acceptors (Lipinski definition) is 4. The summed E-state index contributed by atoms with van der Waals surface area (Å²) in [5.41, 5.74) is 1.55. The molecule has 0 aliphatic carbocycles. The van der Waals surface area contributed by atoms with Gasteiger partial charge in [-0.3, -0.25) is 14.4 Å². The molecule has 0 saturated carbocycles. The Balaban J connectivity index is 1.80. The standard InChI is InChI=1S/C16H19ClN2O4/c1-2-23-16(22)4-3-7-18-14(20)10-19-13-6-5-12(17)8-11(13)9-15(19)21/h5-6,8H,2-4,7,9-10H2,1H3,(H,18,20). The van der Waals surface area contributed by atoms with Crippen LogP contribution >= 0.6 is 11.6 Å². The van der Waals surface area contributed by atoms with Gasteiger partial charge >= 0.3 is 5.97 Å². The minimum Gasteiger partial charge on any atom is -0.466 e. The molecule has 0 radical (unpaired) electrons. The van der Waals surface area contributed by atoms with E-state index in [0.29, 0.717) is 24.6 Å². The summed E-state index contributed by atoms with van der Waals surface area (Å²) >= 11 is 5.91. The molecule has 1 aliphatic rings. The summed E-state index contributed by atoms with van der Waals surface area (Å²) in [6.45, 7) is 2.43. The van der Waals surface area contributed by atoms with Gasteiger partial charge in [-0.25, -0.2) is 0 Å². The molecule has 0 unspecified atom stereocenters. The average Bonchev–Trinajstić information content (AvgIpc) is 2.79. The predicted octanol–water partition coefficient (Wildman–Crippen LogP) is 1.69. The number of carbonyl (C=O) groups excluding carboxylic acids is 3. The van der Waals surface area contributed by atoms with Crippen molar-refractivity contribution in [2.75, 3.05) is 24.6 Å². The van der Waals surface area contributed by atoms with E-state index in [1.54, 1.807) is 25.1 Å². The van der Waals surface area contributed by atoms with Gasteiger partial charge in [-0.15, -0.1) is 0 Å². The van der Waals surface area contributed by atoms with Gasteiger partial charge in [0.1, 0.15) is 6.54 Å². The minimum atomic E-state index is -0.276. The van der Waals surface area contributed by atoms with Gasteiger partial charge in [0.15, 0.2) is 0 Å². The summed E-state index contributed by atoms with van der Waals surface area (Å²) < 4.78 is 4.80. The van der Waals surface area contributed by atoms with Crippen molar-refractivity contribution in [1.29, 1.82) is 0 Å². The lowest BCUT2D eigenvalue weighted by atomic mass is 10.2. The number of anilines is 1. The van der Waals surface area contributed by atoms with E-state index in [1.165, 1.54) is 4.90 Å². The maximum Gasteiger partial charge on any atom is 0.305 e. The van der Waals surface area contributed by atoms with E-state index in [9.17, 15) is 14.4 Å². The van der Waals surface area contributed by atoms with Crippen LogP contribution in [0.15, 0.2) is 18.2 Å². The van der Waals surface area contributed by atoms with E-state index in [4.69, 9.17) is 16.3 Å². The Bertz CT molecular complexity index is 618. The van der Waals surface area contributed by atoms with Crippen LogP contribution in [0.1, 0.15) is 25.3 Å². The molecule has 0 atom stereocenters. The zero-order valence-electron chi connectivity index (χ0n) is 12.9. The second-order valence-corrected chi connectivity index (χ2v) is 5.62. The number of ether oxygens (including phenoxy) is 1. The fourth-order valence-corrected chi connectivity index (χ4v) is 2.61. The summed E-state index contributed by atoms with van der Waals surface area (Å²) in [6, 6.07) is 5.19. The first-order valence-electron chi connectivity index (χ1n) is 7.52. The van der Waals surface area contributed by atoms with Gasteiger partial charge in [-0.05, 0) is 37.1 Å². The highest BCUT2D eigenvalue weighted by Gasteiger charge is 2.28. The second kappa shape index (κ2) is 7.97. The first kappa shape index (κ1) is 17.3. The van der Waals surface area contributed by atoms with E-state index in [0.717, 1.165) is 11.3 Å². The van der Waals surface area contributed by atoms with Gasteiger partial charge in [0.05, 0.1) is 13.0 Å². The highest BCUT2D eigenvalue weighted by atomic mass is 35.5. The number of hydrogen-bond donors (Lipinski definition) is 1. The first-order valence-corrected chi connectivity index (χ1v) is 7.90. The number of fused-ring (bicyclic) bond motifs is 1. The van der Waals surface area contributed by atoms with Crippen molar-refractivity contribution in [3.05, 3.63) is 28.8 Å². The van der Waals surface area contributed by atoms with Crippen LogP contribution in [0, 0.1) is 0 Å². The van der Waals surface area contributed by atoms with Crippen LogP contribution in [0.5, 0.6) is 0 Å². The summed E-state index contributed by atoms with van der Waals surface area (Å²) in [7, 11) is 0. The molecule has 1 N–H and O–H groups in total. The molecule has 6 nitrogen and oxygen atoms in total. The Labute approximate surface area is 139 Å². The quantitative estimate of drug-likeness (QED) is 0.606. The number of carbonyl (C=O) groups is 3. The molecule has 0 saturated heterocycles. The summed E-state index contributed by atoms with van der Waals surface area (Å²) in [5.74, 6) is -0.656. The number of nitrogens with zero attached hydrogens (tertiary/aromatic N) is 1. The van der Waals surface area contributed by atoms with Gasteiger partial charge in [-0.2, -0.15) is 0 Å². The lowest BCUT2D eigenvalue weighted by Gasteiger charge is -2.17. The monoisotopic (exact) mass is 338 g/mol. The molecule has 7 heteroatoms. The van der Waals surface area contributed by atoms with Crippen LogP contribution in [0.2, 0.25) is 5.02 Å². The normalized spacial score (nSPS) is 13.0. The topological polar surface area (TPSA) is 75.7 Å². The number of benzene rings is 1. The van der Waals surface area contributed by atoms with Crippen molar-refractivity contribution in [3.63, 3.8) is 0 Å². The molecular weight excluding hydrogens is 320 g/mol. The highest BCUT2D eigenvalue weighted by Crippen LogP contribution is 2.30. The van der Waals surface area contributed by atoms with Crippen LogP contribution in [0.4, 0.5) is 5.69 Å². The van der Waals surface area contributed by atoms with Gasteiger partial charge in [0.2, 0.25) is 11.8 Å². The number of amides is 2. The van der Waals surface area contributed by atoms with E-state index >= 15 is 0 Å². The summed E-state index contributed by atoms with van der Waals surface area (Å²) in [6.07, 6.45) is 1.02. The highest BCUT2D eigenvalue weighted by molar-refractivity contribution is 6.31. The van der Waals surface area contributed by atoms with Crippen molar-refractivity contribution in [2.24, 2.45) is 0 Å². The van der Waals surface area contributed by atoms with Gasteiger partial charge < -0.3 is 15.0 Å². The maximum absolute atomic E-state index is 12.0. The Morgan fingerprint density at radius 1 is 1.39 bits per heavy atom. The smallest absolute Gasteiger partial charge is 0.305 e. The molecule has 2 amide bonds. The predicted molar refractivity (Wildman–Crippen MR) is 86.4 cm³/mol. The van der Waals surface area contributed by atoms with Crippen LogP contribution in [0.25, 0.3) is 0 Å². The van der Waals surface area contributed by atoms with E-state index in [-0.39, 0.29) is 37.2 Å². The number of rotatable bonds is 7. The largest absolute Gasteiger partial charge is 0.466 e. The average molecular weight is 339 g/mol. The van der Waals surface area contributed by atoms with Gasteiger partial charge in [0.25, 0.3) is 0 Å². The van der Waals surface area contributed by atoms with Crippen molar-refractivity contribution in [2.45, 2.75) is 26.2 Å². The third-order valence-corrected chi connectivity index (χ3v) is 3.70. The molecule has 1 aromatic carbocycles. The van der Waals surface area contributed by atoms with E-state index in [1.807, 2.05) is 0 Å². The van der Waals surface area contributed by atoms with Crippen LogP contribution in [-0.4, -0.2) is 37.5 Å². The lowest BCUT2D eigenvalue weighted by molar-refractivity contribution is -0.143. The second-order valence-electron chi connectivity index (χ2n) is 5.19. The molecule has 1 aliphatic heterocycles. The van der Waals surface area contributed by atoms with E-state index in [2.05, 4.69) is 5.32 Å². The number of halogens is 1. The Kier molecular flexibility index (Phi) is 5.98. The molecule has 1 aromatic rings. The summed E-state index contributed by atoms with van der Waals surface area (Å²) in [4.78, 5) is 36.6. The van der Waals surface area contributed by atoms with Crippen LogP contribution in [-0.2, 0) is 25.5 Å². The van der Waals surface area contributed by atoms with Crippen LogP contribution < -0.4 is 10.2 Å². The van der Waals surface area contributed by atoms with Crippen molar-refractivity contribution in [3.8, 4) is 0 Å². The minimum absolute atomic E-state index is 0.0348. The van der Waals surface area contributed by atoms with Crippen molar-refractivity contribution < 1.29 is 19.1 Å².